The zero-order valence-corrected chi connectivity index (χ0v) is 14.7. The van der Waals surface area contributed by atoms with Gasteiger partial charge in [0.1, 0.15) is 0 Å². The van der Waals surface area contributed by atoms with Gasteiger partial charge in [-0.05, 0) is 12.8 Å². The van der Waals surface area contributed by atoms with Crippen molar-refractivity contribution in [2.75, 3.05) is 0 Å². The molecule has 0 aliphatic carbocycles. The van der Waals surface area contributed by atoms with Crippen LogP contribution in [0.4, 0.5) is 4.79 Å². The van der Waals surface area contributed by atoms with Crippen LogP contribution in [0.2, 0.25) is 0 Å². The van der Waals surface area contributed by atoms with Crippen LogP contribution >= 0.6 is 0 Å². The molecule has 3 heteroatoms. The van der Waals surface area contributed by atoms with Crippen molar-refractivity contribution in [3.05, 3.63) is 12.7 Å². The Morgan fingerprint density at radius 3 is 1.27 bits per heavy atom. The molecule has 3 nitrogen and oxygen atoms in total. The second-order valence-corrected chi connectivity index (χ2v) is 5.96. The summed E-state index contributed by atoms with van der Waals surface area (Å²) in [7, 11) is 0. The first-order chi connectivity index (χ1) is 10.6. The van der Waals surface area contributed by atoms with Gasteiger partial charge in [-0.1, -0.05) is 96.5 Å². The molecule has 0 bridgehead atoms. The summed E-state index contributed by atoms with van der Waals surface area (Å²) in [5, 5.41) is 13.9. The molecule has 0 saturated carbocycles. The molecule has 0 heterocycles. The van der Waals surface area contributed by atoms with Crippen molar-refractivity contribution in [3.8, 4) is 0 Å². The molecule has 0 fully saturated rings. The highest BCUT2D eigenvalue weighted by atomic mass is 16.6. The van der Waals surface area contributed by atoms with Crippen LogP contribution in [-0.2, 0) is 0 Å². The van der Waals surface area contributed by atoms with Gasteiger partial charge in [-0.25, -0.2) is 4.79 Å². The molecule has 0 aliphatic heterocycles. The van der Waals surface area contributed by atoms with Gasteiger partial charge >= 0.3 is 6.16 Å². The topological polar surface area (TPSA) is 57.5 Å². The quantitative estimate of drug-likeness (QED) is 0.247. The predicted molar refractivity (Wildman–Crippen MR) is 95.8 cm³/mol. The maximum atomic E-state index is 8.56. The minimum atomic E-state index is -1.83. The Labute approximate surface area is 137 Å². The Kier molecular flexibility index (Phi) is 23.6. The zero-order chi connectivity index (χ0) is 16.9. The number of unbranched alkanes of at least 4 members (excludes halogenated alkanes) is 14. The van der Waals surface area contributed by atoms with Crippen LogP contribution in [0, 0.1) is 0 Å². The summed E-state index contributed by atoms with van der Waals surface area (Å²) in [5.74, 6) is 0. The fraction of sp³-hybridized carbons (Fsp3) is 0.842. The lowest BCUT2D eigenvalue weighted by molar-refractivity contribution is 0.137. The van der Waals surface area contributed by atoms with Crippen molar-refractivity contribution >= 4 is 6.16 Å². The highest BCUT2D eigenvalue weighted by molar-refractivity contribution is 5.53. The lowest BCUT2D eigenvalue weighted by atomic mass is 10.0. The van der Waals surface area contributed by atoms with Gasteiger partial charge in [0.2, 0.25) is 0 Å². The molecule has 0 aromatic rings. The molecule has 0 aromatic heterocycles. The second-order valence-electron chi connectivity index (χ2n) is 5.96. The Balaban J connectivity index is 0. The third-order valence-corrected chi connectivity index (χ3v) is 3.76. The van der Waals surface area contributed by atoms with Crippen LogP contribution in [0.3, 0.4) is 0 Å². The Morgan fingerprint density at radius 2 is 1.00 bits per heavy atom. The van der Waals surface area contributed by atoms with E-state index in [4.69, 9.17) is 15.0 Å². The molecular formula is C19H38O3. The van der Waals surface area contributed by atoms with Gasteiger partial charge in [-0.3, -0.25) is 0 Å². The van der Waals surface area contributed by atoms with E-state index in [1.807, 2.05) is 6.08 Å². The number of carbonyl (C=O) groups is 1. The normalized spacial score (nSPS) is 9.86. The molecule has 0 amide bonds. The number of carboxylic acid groups (broad SMARTS) is 2. The van der Waals surface area contributed by atoms with Crippen molar-refractivity contribution in [2.45, 2.75) is 103 Å². The molecule has 22 heavy (non-hydrogen) atoms. The van der Waals surface area contributed by atoms with Gasteiger partial charge in [0.15, 0.2) is 0 Å². The lowest BCUT2D eigenvalue weighted by Crippen LogP contribution is -1.83. The summed E-state index contributed by atoms with van der Waals surface area (Å²) in [4.78, 5) is 8.56. The third kappa shape index (κ3) is 31.4. The summed E-state index contributed by atoms with van der Waals surface area (Å²) in [6.45, 7) is 6.05. The predicted octanol–water partition coefficient (Wildman–Crippen LogP) is 7.27. The van der Waals surface area contributed by atoms with Crippen LogP contribution in [0.1, 0.15) is 103 Å². The van der Waals surface area contributed by atoms with Crippen molar-refractivity contribution in [2.24, 2.45) is 0 Å². The number of hydrogen-bond donors (Lipinski definition) is 2. The first-order valence-corrected chi connectivity index (χ1v) is 9.17. The van der Waals surface area contributed by atoms with Gasteiger partial charge in [-0.2, -0.15) is 0 Å². The Bertz CT molecular complexity index is 223. The maximum Gasteiger partial charge on any atom is 0.503 e. The van der Waals surface area contributed by atoms with Crippen LogP contribution in [0.25, 0.3) is 0 Å². The van der Waals surface area contributed by atoms with E-state index in [0.29, 0.717) is 0 Å². The standard InChI is InChI=1S/C18H36.CH2O3/c1-3-5-7-9-11-13-15-17-18-16-14-12-10-8-6-4-2;2-1(3)4/h3H,1,4-18H2,2H3;(H2,2,3,4). The summed E-state index contributed by atoms with van der Waals surface area (Å²) in [6.07, 6.45) is 21.6. The largest absolute Gasteiger partial charge is 0.503 e. The molecule has 0 unspecified atom stereocenters. The molecule has 0 aliphatic rings. The van der Waals surface area contributed by atoms with E-state index >= 15 is 0 Å². The second kappa shape index (κ2) is 22.3. The first-order valence-electron chi connectivity index (χ1n) is 9.17. The van der Waals surface area contributed by atoms with E-state index in [-0.39, 0.29) is 0 Å². The van der Waals surface area contributed by atoms with Crippen molar-refractivity contribution in [1.82, 2.24) is 0 Å². The average Bonchev–Trinajstić information content (AvgIpc) is 2.47. The minimum absolute atomic E-state index is 1.21. The van der Waals surface area contributed by atoms with Crippen LogP contribution in [0.15, 0.2) is 12.7 Å². The molecule has 0 rings (SSSR count). The number of hydrogen-bond acceptors (Lipinski definition) is 1. The fourth-order valence-corrected chi connectivity index (χ4v) is 2.48. The molecule has 0 saturated heterocycles. The first kappa shape index (κ1) is 23.3. The van der Waals surface area contributed by atoms with Crippen molar-refractivity contribution in [1.29, 1.82) is 0 Å². The van der Waals surface area contributed by atoms with E-state index < -0.39 is 6.16 Å². The highest BCUT2D eigenvalue weighted by Crippen LogP contribution is 2.13. The van der Waals surface area contributed by atoms with Crippen LogP contribution in [0.5, 0.6) is 0 Å². The fourth-order valence-electron chi connectivity index (χ4n) is 2.48. The van der Waals surface area contributed by atoms with Crippen LogP contribution < -0.4 is 0 Å². The molecule has 0 atom stereocenters. The highest BCUT2D eigenvalue weighted by Gasteiger charge is 1.93. The number of allylic oxidation sites excluding steroid dienone is 1. The van der Waals surface area contributed by atoms with Gasteiger partial charge < -0.3 is 10.2 Å². The minimum Gasteiger partial charge on any atom is -0.450 e. The smallest absolute Gasteiger partial charge is 0.450 e. The van der Waals surface area contributed by atoms with E-state index in [1.165, 1.54) is 96.3 Å². The monoisotopic (exact) mass is 314 g/mol. The van der Waals surface area contributed by atoms with E-state index in [0.717, 1.165) is 0 Å². The maximum absolute atomic E-state index is 8.56. The van der Waals surface area contributed by atoms with Gasteiger partial charge in [-0.15, -0.1) is 6.58 Å². The molecule has 0 aromatic carbocycles. The molecule has 2 N–H and O–H groups in total. The SMILES string of the molecule is C=CCCCCCCCCCCCCCCCC.O=C(O)O. The molecule has 132 valence electrons. The lowest BCUT2D eigenvalue weighted by Gasteiger charge is -2.02. The van der Waals surface area contributed by atoms with E-state index in [1.54, 1.807) is 0 Å². The average molecular weight is 315 g/mol. The summed E-state index contributed by atoms with van der Waals surface area (Å²) in [5.41, 5.74) is 0. The molecule has 0 spiro atoms. The van der Waals surface area contributed by atoms with Crippen LogP contribution in [-0.4, -0.2) is 16.4 Å². The molecule has 0 radical (unpaired) electrons. The van der Waals surface area contributed by atoms with Gasteiger partial charge in [0.25, 0.3) is 0 Å². The Hall–Kier alpha value is -0.990. The summed E-state index contributed by atoms with van der Waals surface area (Å²) in [6, 6.07) is 0. The van der Waals surface area contributed by atoms with Crippen molar-refractivity contribution < 1.29 is 15.0 Å². The van der Waals surface area contributed by atoms with E-state index in [2.05, 4.69) is 13.5 Å². The Morgan fingerprint density at radius 1 is 0.727 bits per heavy atom. The summed E-state index contributed by atoms with van der Waals surface area (Å²) < 4.78 is 0. The number of rotatable bonds is 15. The third-order valence-electron chi connectivity index (χ3n) is 3.76. The van der Waals surface area contributed by atoms with Gasteiger partial charge in [0, 0.05) is 0 Å². The van der Waals surface area contributed by atoms with Gasteiger partial charge in [0.05, 0.1) is 0 Å². The zero-order valence-electron chi connectivity index (χ0n) is 14.7. The van der Waals surface area contributed by atoms with E-state index in [9.17, 15) is 0 Å². The van der Waals surface area contributed by atoms with Crippen molar-refractivity contribution in [3.63, 3.8) is 0 Å². The molecular weight excluding hydrogens is 276 g/mol. The summed E-state index contributed by atoms with van der Waals surface area (Å²) >= 11 is 0.